The molecule has 7 heteroatoms. The minimum Gasteiger partial charge on any atom is -0.497 e. The third kappa shape index (κ3) is 5.41. The molecule has 1 saturated heterocycles. The van der Waals surface area contributed by atoms with Crippen LogP contribution < -0.4 is 20.1 Å². The summed E-state index contributed by atoms with van der Waals surface area (Å²) in [7, 11) is 3.50. The number of hydrogen-bond acceptors (Lipinski definition) is 5. The Hall–Kier alpha value is -3.22. The summed E-state index contributed by atoms with van der Waals surface area (Å²) >= 11 is 0. The Bertz CT molecular complexity index is 926. The van der Waals surface area contributed by atoms with E-state index in [1.807, 2.05) is 54.4 Å². The molecule has 33 heavy (non-hydrogen) atoms. The Balaban J connectivity index is 1.35. The molecule has 0 radical (unpaired) electrons. The Morgan fingerprint density at radius 1 is 0.909 bits per heavy atom. The molecule has 0 aromatic heterocycles. The second-order valence-electron chi connectivity index (χ2n) is 8.88. The average Bonchev–Trinajstić information content (AvgIpc) is 2.89. The fourth-order valence-corrected chi connectivity index (χ4v) is 4.92. The number of carbonyl (C=O) groups is 2. The number of amides is 2. The van der Waals surface area contributed by atoms with E-state index in [0.717, 1.165) is 55.9 Å². The molecular formula is C26H34N4O3. The summed E-state index contributed by atoms with van der Waals surface area (Å²) in [5.74, 6) is 0.391. The van der Waals surface area contributed by atoms with E-state index in [4.69, 9.17) is 4.74 Å². The van der Waals surface area contributed by atoms with Crippen molar-refractivity contribution >= 4 is 23.2 Å². The maximum atomic E-state index is 13.4. The van der Waals surface area contributed by atoms with Gasteiger partial charge in [0.1, 0.15) is 5.75 Å². The molecule has 7 nitrogen and oxygen atoms in total. The molecule has 2 aromatic rings. The zero-order valence-electron chi connectivity index (χ0n) is 19.6. The Kier molecular flexibility index (Phi) is 7.37. The molecule has 1 aliphatic carbocycles. The summed E-state index contributed by atoms with van der Waals surface area (Å²) in [6.45, 7) is 2.94. The number of nitrogens with one attached hydrogen (secondary N) is 1. The number of hydrazine groups is 1. The van der Waals surface area contributed by atoms with Gasteiger partial charge in [0.15, 0.2) is 0 Å². The van der Waals surface area contributed by atoms with Crippen LogP contribution in [0.3, 0.4) is 0 Å². The van der Waals surface area contributed by atoms with Crippen LogP contribution in [0.25, 0.3) is 0 Å². The lowest BCUT2D eigenvalue weighted by Gasteiger charge is -2.40. The van der Waals surface area contributed by atoms with Gasteiger partial charge in [0.05, 0.1) is 18.7 Å². The number of ether oxygens (including phenoxy) is 1. The van der Waals surface area contributed by atoms with E-state index >= 15 is 0 Å². The summed E-state index contributed by atoms with van der Waals surface area (Å²) in [6.07, 6.45) is 3.53. The lowest BCUT2D eigenvalue weighted by Crippen LogP contribution is -2.53. The molecule has 176 valence electrons. The van der Waals surface area contributed by atoms with Gasteiger partial charge in [0.2, 0.25) is 11.8 Å². The van der Waals surface area contributed by atoms with Gasteiger partial charge in [-0.1, -0.05) is 31.0 Å². The van der Waals surface area contributed by atoms with E-state index < -0.39 is 0 Å². The highest BCUT2D eigenvalue weighted by Crippen LogP contribution is 2.32. The maximum Gasteiger partial charge on any atom is 0.242 e. The number of piperazine rings is 1. The minimum atomic E-state index is -0.281. The molecule has 1 saturated carbocycles. The zero-order valence-corrected chi connectivity index (χ0v) is 19.6. The number of benzene rings is 2. The normalized spacial score (nSPS) is 20.8. The van der Waals surface area contributed by atoms with Crippen LogP contribution in [-0.4, -0.2) is 57.1 Å². The van der Waals surface area contributed by atoms with Crippen LogP contribution in [0.1, 0.15) is 25.7 Å². The van der Waals surface area contributed by atoms with Crippen molar-refractivity contribution < 1.29 is 14.3 Å². The van der Waals surface area contributed by atoms with Crippen molar-refractivity contribution in [2.75, 3.05) is 50.2 Å². The van der Waals surface area contributed by atoms with Crippen molar-refractivity contribution in [2.45, 2.75) is 25.7 Å². The number of nitrogens with zero attached hydrogens (tertiary/aromatic N) is 3. The van der Waals surface area contributed by atoms with Crippen LogP contribution in [0.5, 0.6) is 5.75 Å². The molecule has 1 heterocycles. The molecule has 4 rings (SSSR count). The van der Waals surface area contributed by atoms with Gasteiger partial charge in [-0.2, -0.15) is 0 Å². The molecule has 2 aromatic carbocycles. The molecule has 2 atom stereocenters. The first-order chi connectivity index (χ1) is 16.1. The van der Waals surface area contributed by atoms with E-state index in [1.165, 1.54) is 0 Å². The van der Waals surface area contributed by atoms with Crippen LogP contribution >= 0.6 is 0 Å². The summed E-state index contributed by atoms with van der Waals surface area (Å²) < 4.78 is 5.24. The predicted molar refractivity (Wildman–Crippen MR) is 130 cm³/mol. The van der Waals surface area contributed by atoms with Gasteiger partial charge >= 0.3 is 0 Å². The Labute approximate surface area is 196 Å². The number of hydrogen-bond donors (Lipinski definition) is 1. The number of para-hydroxylation sites is 1. The van der Waals surface area contributed by atoms with E-state index in [2.05, 4.69) is 22.5 Å². The molecule has 2 fully saturated rings. The van der Waals surface area contributed by atoms with Gasteiger partial charge in [0, 0.05) is 44.8 Å². The quantitative estimate of drug-likeness (QED) is 0.684. The Morgan fingerprint density at radius 2 is 1.55 bits per heavy atom. The summed E-state index contributed by atoms with van der Waals surface area (Å²) in [5, 5.41) is 1.74. The fraction of sp³-hybridized carbons (Fsp3) is 0.462. The van der Waals surface area contributed by atoms with E-state index in [-0.39, 0.29) is 23.7 Å². The van der Waals surface area contributed by atoms with Crippen LogP contribution in [-0.2, 0) is 9.59 Å². The van der Waals surface area contributed by atoms with Gasteiger partial charge in [-0.25, -0.2) is 0 Å². The topological polar surface area (TPSA) is 65.1 Å². The van der Waals surface area contributed by atoms with Crippen molar-refractivity contribution in [1.82, 2.24) is 10.3 Å². The molecule has 0 spiro atoms. The molecule has 2 unspecified atom stereocenters. The second-order valence-corrected chi connectivity index (χ2v) is 8.88. The molecule has 1 aliphatic heterocycles. The number of methoxy groups -OCH3 is 1. The monoisotopic (exact) mass is 450 g/mol. The van der Waals surface area contributed by atoms with Crippen molar-refractivity contribution in [1.29, 1.82) is 0 Å². The lowest BCUT2D eigenvalue weighted by molar-refractivity contribution is -0.144. The molecular weight excluding hydrogens is 416 g/mol. The van der Waals surface area contributed by atoms with Gasteiger partial charge in [-0.15, -0.1) is 0 Å². The standard InChI is InChI=1S/C26H34N4O3/c1-28(20-8-4-3-5-9-20)27-25(31)23-10-6-7-11-24(23)26(32)30-18-16-29(17-19-30)21-12-14-22(33-2)15-13-21/h3-5,8-9,12-15,23-24H,6-7,10-11,16-19H2,1-2H3,(H,27,31). The lowest BCUT2D eigenvalue weighted by atomic mass is 9.78. The van der Waals surface area contributed by atoms with Crippen LogP contribution in [0, 0.1) is 11.8 Å². The van der Waals surface area contributed by atoms with Gasteiger partial charge in [0.25, 0.3) is 0 Å². The predicted octanol–water partition coefficient (Wildman–Crippen LogP) is 3.32. The Morgan fingerprint density at radius 3 is 2.18 bits per heavy atom. The van der Waals surface area contributed by atoms with Crippen molar-refractivity contribution in [2.24, 2.45) is 11.8 Å². The third-order valence-corrected chi connectivity index (χ3v) is 6.87. The van der Waals surface area contributed by atoms with Crippen molar-refractivity contribution in [3.8, 4) is 5.75 Å². The first-order valence-electron chi connectivity index (χ1n) is 11.8. The number of carbonyl (C=O) groups excluding carboxylic acids is 2. The number of anilines is 2. The smallest absolute Gasteiger partial charge is 0.242 e. The van der Waals surface area contributed by atoms with Crippen molar-refractivity contribution in [3.63, 3.8) is 0 Å². The van der Waals surface area contributed by atoms with Crippen LogP contribution in [0.2, 0.25) is 0 Å². The largest absolute Gasteiger partial charge is 0.497 e. The minimum absolute atomic E-state index is 0.0590. The number of rotatable bonds is 6. The summed E-state index contributed by atoms with van der Waals surface area (Å²) in [5.41, 5.74) is 5.05. The van der Waals surface area contributed by atoms with Crippen molar-refractivity contribution in [3.05, 3.63) is 54.6 Å². The van der Waals surface area contributed by atoms with Gasteiger partial charge in [-0.3, -0.25) is 20.0 Å². The van der Waals surface area contributed by atoms with E-state index in [0.29, 0.717) is 13.1 Å². The highest BCUT2D eigenvalue weighted by Gasteiger charge is 2.39. The summed E-state index contributed by atoms with van der Waals surface area (Å²) in [6, 6.07) is 17.8. The second kappa shape index (κ2) is 10.6. The fourth-order valence-electron chi connectivity index (χ4n) is 4.92. The average molecular weight is 451 g/mol. The van der Waals surface area contributed by atoms with Gasteiger partial charge in [-0.05, 0) is 49.2 Å². The van der Waals surface area contributed by atoms with Crippen LogP contribution in [0.15, 0.2) is 54.6 Å². The highest BCUT2D eigenvalue weighted by molar-refractivity contribution is 5.88. The molecule has 2 aliphatic rings. The highest BCUT2D eigenvalue weighted by atomic mass is 16.5. The van der Waals surface area contributed by atoms with Gasteiger partial charge < -0.3 is 14.5 Å². The van der Waals surface area contributed by atoms with Crippen LogP contribution in [0.4, 0.5) is 11.4 Å². The zero-order chi connectivity index (χ0) is 23.2. The SMILES string of the molecule is COc1ccc(N2CCN(C(=O)C3CCCCC3C(=O)NN(C)c3ccccc3)CC2)cc1. The first kappa shape index (κ1) is 23.0. The first-order valence-corrected chi connectivity index (χ1v) is 11.8. The third-order valence-electron chi connectivity index (χ3n) is 6.87. The van der Waals surface area contributed by atoms with E-state index in [9.17, 15) is 9.59 Å². The molecule has 2 amide bonds. The summed E-state index contributed by atoms with van der Waals surface area (Å²) in [4.78, 5) is 30.8. The maximum absolute atomic E-state index is 13.4. The van der Waals surface area contributed by atoms with E-state index in [1.54, 1.807) is 12.1 Å². The molecule has 1 N–H and O–H groups in total. The molecule has 0 bridgehead atoms.